The molecular formula is C21H22N4O2. The van der Waals surface area contributed by atoms with Gasteiger partial charge in [-0.3, -0.25) is 4.79 Å². The number of hydrogen-bond donors (Lipinski definition) is 0. The molecule has 0 bridgehead atoms. The number of para-hydroxylation sites is 2. The number of piperidine rings is 1. The lowest BCUT2D eigenvalue weighted by molar-refractivity contribution is 0.0708. The molecule has 1 fully saturated rings. The molecule has 6 nitrogen and oxygen atoms in total. The first-order chi connectivity index (χ1) is 13.2. The summed E-state index contributed by atoms with van der Waals surface area (Å²) in [7, 11) is 1.96. The molecule has 1 saturated heterocycles. The Kier molecular flexibility index (Phi) is 4.87. The highest BCUT2D eigenvalue weighted by molar-refractivity contribution is 5.97. The van der Waals surface area contributed by atoms with E-state index >= 15 is 0 Å². The molecule has 0 spiro atoms. The van der Waals surface area contributed by atoms with Crippen LogP contribution in [0.1, 0.15) is 34.9 Å². The third-order valence-electron chi connectivity index (χ3n) is 4.98. The number of aromatic nitrogens is 3. The van der Waals surface area contributed by atoms with Crippen molar-refractivity contribution in [2.24, 2.45) is 7.05 Å². The van der Waals surface area contributed by atoms with Crippen LogP contribution in [0.25, 0.3) is 0 Å². The standard InChI is InChI=1S/C21H22N4O2/c1-24-15-22-23-20(24)16-11-13-25(14-12-16)21(26)18-9-5-6-10-19(18)27-17-7-3-2-4-8-17/h2-10,15-16H,11-14H2,1H3. The summed E-state index contributed by atoms with van der Waals surface area (Å²) in [5, 5.41) is 8.18. The number of rotatable bonds is 4. The molecule has 0 N–H and O–H groups in total. The summed E-state index contributed by atoms with van der Waals surface area (Å²) in [5.74, 6) is 2.66. The van der Waals surface area contributed by atoms with Gasteiger partial charge in [0.15, 0.2) is 0 Å². The number of carbonyl (C=O) groups is 1. The van der Waals surface area contributed by atoms with Crippen LogP contribution in [0.2, 0.25) is 0 Å². The molecule has 1 aliphatic rings. The second kappa shape index (κ2) is 7.61. The van der Waals surface area contributed by atoms with Crippen molar-refractivity contribution in [1.29, 1.82) is 0 Å². The summed E-state index contributed by atoms with van der Waals surface area (Å²) >= 11 is 0. The van der Waals surface area contributed by atoms with Gasteiger partial charge in [-0.2, -0.15) is 0 Å². The minimum Gasteiger partial charge on any atom is -0.457 e. The maximum Gasteiger partial charge on any atom is 0.257 e. The Hall–Kier alpha value is -3.15. The third-order valence-corrected chi connectivity index (χ3v) is 4.98. The van der Waals surface area contributed by atoms with Gasteiger partial charge in [0, 0.05) is 26.1 Å². The van der Waals surface area contributed by atoms with E-state index in [4.69, 9.17) is 4.74 Å². The lowest BCUT2D eigenvalue weighted by Gasteiger charge is -2.31. The zero-order valence-electron chi connectivity index (χ0n) is 15.3. The van der Waals surface area contributed by atoms with Gasteiger partial charge in [-0.25, -0.2) is 0 Å². The minimum atomic E-state index is 0.0120. The topological polar surface area (TPSA) is 60.2 Å². The second-order valence-corrected chi connectivity index (χ2v) is 6.78. The maximum absolute atomic E-state index is 13.1. The number of hydrogen-bond acceptors (Lipinski definition) is 4. The van der Waals surface area contributed by atoms with Crippen LogP contribution < -0.4 is 4.74 Å². The molecule has 0 aliphatic carbocycles. The molecule has 27 heavy (non-hydrogen) atoms. The average Bonchev–Trinajstić information content (AvgIpc) is 3.15. The van der Waals surface area contributed by atoms with Crippen LogP contribution >= 0.6 is 0 Å². The summed E-state index contributed by atoms with van der Waals surface area (Å²) in [5.41, 5.74) is 0.596. The van der Waals surface area contributed by atoms with Crippen LogP contribution in [0.15, 0.2) is 60.9 Å². The third kappa shape index (κ3) is 3.69. The number of aryl methyl sites for hydroxylation is 1. The molecule has 1 amide bonds. The Bertz CT molecular complexity index is 915. The summed E-state index contributed by atoms with van der Waals surface area (Å²) in [4.78, 5) is 15.0. The van der Waals surface area contributed by atoms with Crippen LogP contribution in [-0.4, -0.2) is 38.7 Å². The maximum atomic E-state index is 13.1. The number of carbonyl (C=O) groups excluding carboxylic acids is 1. The molecule has 0 radical (unpaired) electrons. The highest BCUT2D eigenvalue weighted by Gasteiger charge is 2.28. The molecule has 2 aromatic carbocycles. The highest BCUT2D eigenvalue weighted by atomic mass is 16.5. The van der Waals surface area contributed by atoms with Crippen LogP contribution in [0.4, 0.5) is 0 Å². The van der Waals surface area contributed by atoms with Gasteiger partial charge in [0.05, 0.1) is 5.56 Å². The van der Waals surface area contributed by atoms with Gasteiger partial charge in [0.1, 0.15) is 23.7 Å². The van der Waals surface area contributed by atoms with E-state index in [0.29, 0.717) is 30.3 Å². The SMILES string of the molecule is Cn1cnnc1C1CCN(C(=O)c2ccccc2Oc2ccccc2)CC1. The fraction of sp³-hybridized carbons (Fsp3) is 0.286. The molecule has 1 aromatic heterocycles. The zero-order chi connectivity index (χ0) is 18.6. The van der Waals surface area contributed by atoms with E-state index < -0.39 is 0 Å². The van der Waals surface area contributed by atoms with Crippen LogP contribution in [0, 0.1) is 0 Å². The Morgan fingerprint density at radius 1 is 1.04 bits per heavy atom. The van der Waals surface area contributed by atoms with Crippen molar-refractivity contribution in [3.63, 3.8) is 0 Å². The molecule has 4 rings (SSSR count). The van der Waals surface area contributed by atoms with Crippen LogP contribution in [-0.2, 0) is 7.05 Å². The van der Waals surface area contributed by atoms with E-state index in [1.165, 1.54) is 0 Å². The number of benzene rings is 2. The van der Waals surface area contributed by atoms with E-state index in [2.05, 4.69) is 10.2 Å². The van der Waals surface area contributed by atoms with Crippen molar-refractivity contribution < 1.29 is 9.53 Å². The Morgan fingerprint density at radius 2 is 1.74 bits per heavy atom. The first-order valence-electron chi connectivity index (χ1n) is 9.17. The largest absolute Gasteiger partial charge is 0.457 e. The summed E-state index contributed by atoms with van der Waals surface area (Å²) in [6.07, 6.45) is 3.50. The zero-order valence-corrected chi connectivity index (χ0v) is 15.3. The summed E-state index contributed by atoms with van der Waals surface area (Å²) in [6, 6.07) is 17.0. The van der Waals surface area contributed by atoms with Gasteiger partial charge in [0.25, 0.3) is 5.91 Å². The fourth-order valence-corrected chi connectivity index (χ4v) is 3.52. The van der Waals surface area contributed by atoms with Crippen LogP contribution in [0.5, 0.6) is 11.5 Å². The summed E-state index contributed by atoms with van der Waals surface area (Å²) in [6.45, 7) is 1.41. The van der Waals surface area contributed by atoms with E-state index in [0.717, 1.165) is 24.4 Å². The van der Waals surface area contributed by atoms with Gasteiger partial charge in [-0.1, -0.05) is 30.3 Å². The van der Waals surface area contributed by atoms with Crippen LogP contribution in [0.3, 0.4) is 0 Å². The van der Waals surface area contributed by atoms with Crippen molar-refractivity contribution in [1.82, 2.24) is 19.7 Å². The summed E-state index contributed by atoms with van der Waals surface area (Å²) < 4.78 is 7.91. The van der Waals surface area contributed by atoms with E-state index in [9.17, 15) is 4.79 Å². The van der Waals surface area contributed by atoms with E-state index in [-0.39, 0.29) is 5.91 Å². The van der Waals surface area contributed by atoms with Gasteiger partial charge >= 0.3 is 0 Å². The Morgan fingerprint density at radius 3 is 2.44 bits per heavy atom. The molecule has 0 unspecified atom stereocenters. The van der Waals surface area contributed by atoms with E-state index in [1.54, 1.807) is 6.33 Å². The number of nitrogens with zero attached hydrogens (tertiary/aromatic N) is 4. The fourth-order valence-electron chi connectivity index (χ4n) is 3.52. The molecule has 1 aliphatic heterocycles. The molecular weight excluding hydrogens is 340 g/mol. The average molecular weight is 362 g/mol. The predicted octanol–water partition coefficient (Wildman–Crippen LogP) is 3.63. The first-order valence-corrected chi connectivity index (χ1v) is 9.17. The van der Waals surface area contributed by atoms with Crippen molar-refractivity contribution >= 4 is 5.91 Å². The minimum absolute atomic E-state index is 0.0120. The quantitative estimate of drug-likeness (QED) is 0.711. The normalized spacial score (nSPS) is 14.9. The number of ether oxygens (including phenoxy) is 1. The Balaban J connectivity index is 1.47. The highest BCUT2D eigenvalue weighted by Crippen LogP contribution is 2.30. The second-order valence-electron chi connectivity index (χ2n) is 6.78. The number of likely N-dealkylation sites (tertiary alicyclic amines) is 1. The van der Waals surface area contributed by atoms with Gasteiger partial charge < -0.3 is 14.2 Å². The molecule has 0 atom stereocenters. The van der Waals surface area contributed by atoms with Gasteiger partial charge in [-0.15, -0.1) is 10.2 Å². The molecule has 0 saturated carbocycles. The lowest BCUT2D eigenvalue weighted by atomic mass is 9.95. The van der Waals surface area contributed by atoms with Crippen molar-refractivity contribution in [2.45, 2.75) is 18.8 Å². The number of amides is 1. The first kappa shape index (κ1) is 17.3. The van der Waals surface area contributed by atoms with Gasteiger partial charge in [0.2, 0.25) is 0 Å². The molecule has 6 heteroatoms. The van der Waals surface area contributed by atoms with Gasteiger partial charge in [-0.05, 0) is 37.1 Å². The lowest BCUT2D eigenvalue weighted by Crippen LogP contribution is -2.38. The molecule has 138 valence electrons. The monoisotopic (exact) mass is 362 g/mol. The van der Waals surface area contributed by atoms with E-state index in [1.807, 2.05) is 71.1 Å². The predicted molar refractivity (Wildman–Crippen MR) is 102 cm³/mol. The Labute approximate surface area is 158 Å². The van der Waals surface area contributed by atoms with Crippen molar-refractivity contribution in [2.75, 3.05) is 13.1 Å². The smallest absolute Gasteiger partial charge is 0.257 e. The van der Waals surface area contributed by atoms with Crippen molar-refractivity contribution in [3.05, 3.63) is 72.3 Å². The van der Waals surface area contributed by atoms with Crippen molar-refractivity contribution in [3.8, 4) is 11.5 Å². The molecule has 3 aromatic rings. The molecule has 2 heterocycles.